The van der Waals surface area contributed by atoms with Crippen LogP contribution in [0.4, 0.5) is 13.2 Å². The number of pyridine rings is 1. The first-order valence-corrected chi connectivity index (χ1v) is 7.37. The normalized spacial score (nSPS) is 11.9. The zero-order valence-corrected chi connectivity index (χ0v) is 13.3. The van der Waals surface area contributed by atoms with Crippen LogP contribution in [0, 0.1) is 6.92 Å². The third-order valence-electron chi connectivity index (χ3n) is 3.38. The number of aromatic nitrogens is 1. The van der Waals surface area contributed by atoms with E-state index in [1.807, 2.05) is 13.8 Å². The number of aryl methyl sites for hydroxylation is 1. The molecule has 0 radical (unpaired) electrons. The molecule has 0 aliphatic heterocycles. The van der Waals surface area contributed by atoms with Gasteiger partial charge in [0.15, 0.2) is 0 Å². The summed E-state index contributed by atoms with van der Waals surface area (Å²) in [5.74, 6) is -0.332. The van der Waals surface area contributed by atoms with Crippen LogP contribution in [-0.2, 0) is 6.42 Å². The Kier molecular flexibility index (Phi) is 5.43. The Bertz CT molecular complexity index is 778. The Balaban J connectivity index is 2.34. The van der Waals surface area contributed by atoms with Crippen LogP contribution in [0.1, 0.15) is 18.1 Å². The van der Waals surface area contributed by atoms with Gasteiger partial charge in [-0.15, -0.1) is 13.2 Å². The number of ether oxygens (including phenoxy) is 1. The van der Waals surface area contributed by atoms with E-state index in [9.17, 15) is 18.0 Å². The minimum atomic E-state index is -4.74. The summed E-state index contributed by atoms with van der Waals surface area (Å²) in [6, 6.07) is 6.95. The van der Waals surface area contributed by atoms with E-state index < -0.39 is 6.36 Å². The molecule has 128 valence electrons. The fraction of sp³-hybridized carbons (Fsp3) is 0.294. The van der Waals surface area contributed by atoms with Gasteiger partial charge in [-0.2, -0.15) is 0 Å². The summed E-state index contributed by atoms with van der Waals surface area (Å²) in [6.07, 6.45) is -1.05. The SMILES string of the molecule is CCN=CCc1c(C)ccn(-c2ccc(OC(F)(F)F)cc2)c1=O. The second-order valence-corrected chi connectivity index (χ2v) is 5.08. The highest BCUT2D eigenvalue weighted by Gasteiger charge is 2.30. The van der Waals surface area contributed by atoms with Crippen molar-refractivity contribution >= 4 is 6.21 Å². The van der Waals surface area contributed by atoms with E-state index >= 15 is 0 Å². The van der Waals surface area contributed by atoms with E-state index in [2.05, 4.69) is 9.73 Å². The smallest absolute Gasteiger partial charge is 0.406 e. The lowest BCUT2D eigenvalue weighted by molar-refractivity contribution is -0.274. The topological polar surface area (TPSA) is 43.6 Å². The zero-order valence-electron chi connectivity index (χ0n) is 13.3. The number of hydrogen-bond donors (Lipinski definition) is 0. The molecule has 1 heterocycles. The van der Waals surface area contributed by atoms with Gasteiger partial charge in [-0.1, -0.05) is 0 Å². The molecule has 0 aliphatic carbocycles. The van der Waals surface area contributed by atoms with Crippen LogP contribution in [-0.4, -0.2) is 23.7 Å². The molecule has 0 fully saturated rings. The van der Waals surface area contributed by atoms with Crippen LogP contribution in [0.15, 0.2) is 46.3 Å². The molecule has 7 heteroatoms. The molecular weight excluding hydrogens is 321 g/mol. The summed E-state index contributed by atoms with van der Waals surface area (Å²) in [5, 5.41) is 0. The largest absolute Gasteiger partial charge is 0.573 e. The molecule has 2 rings (SSSR count). The molecule has 2 aromatic rings. The number of benzene rings is 1. The molecular formula is C17H17F3N2O2. The van der Waals surface area contributed by atoms with Crippen LogP contribution >= 0.6 is 0 Å². The minimum absolute atomic E-state index is 0.220. The second kappa shape index (κ2) is 7.33. The lowest BCUT2D eigenvalue weighted by Gasteiger charge is -2.12. The molecule has 0 spiro atoms. The van der Waals surface area contributed by atoms with Crippen LogP contribution in [0.5, 0.6) is 5.75 Å². The Morgan fingerprint density at radius 1 is 1.21 bits per heavy atom. The summed E-state index contributed by atoms with van der Waals surface area (Å²) < 4.78 is 41.8. The molecule has 1 aromatic carbocycles. The van der Waals surface area contributed by atoms with Gasteiger partial charge in [0.1, 0.15) is 5.75 Å². The van der Waals surface area contributed by atoms with Gasteiger partial charge in [0.2, 0.25) is 0 Å². The van der Waals surface area contributed by atoms with E-state index in [-0.39, 0.29) is 11.3 Å². The Morgan fingerprint density at radius 3 is 2.46 bits per heavy atom. The van der Waals surface area contributed by atoms with Crippen LogP contribution in [0.2, 0.25) is 0 Å². The Labute approximate surface area is 137 Å². The van der Waals surface area contributed by atoms with E-state index in [0.717, 1.165) is 5.56 Å². The van der Waals surface area contributed by atoms with Crippen molar-refractivity contribution in [2.75, 3.05) is 6.54 Å². The maximum absolute atomic E-state index is 12.6. The Hall–Kier alpha value is -2.57. The average molecular weight is 338 g/mol. The molecule has 0 saturated heterocycles. The lowest BCUT2D eigenvalue weighted by atomic mass is 10.1. The van der Waals surface area contributed by atoms with Crippen LogP contribution < -0.4 is 10.3 Å². The van der Waals surface area contributed by atoms with Gasteiger partial charge in [-0.25, -0.2) is 0 Å². The maximum Gasteiger partial charge on any atom is 0.573 e. The first-order chi connectivity index (χ1) is 11.3. The number of halogens is 3. The highest BCUT2D eigenvalue weighted by atomic mass is 19.4. The van der Waals surface area contributed by atoms with E-state index in [1.165, 1.54) is 28.8 Å². The summed E-state index contributed by atoms with van der Waals surface area (Å²) in [6.45, 7) is 4.37. The van der Waals surface area contributed by atoms with Gasteiger partial charge in [0.25, 0.3) is 5.56 Å². The van der Waals surface area contributed by atoms with E-state index in [4.69, 9.17) is 0 Å². The fourth-order valence-electron chi connectivity index (χ4n) is 2.21. The molecule has 24 heavy (non-hydrogen) atoms. The molecule has 0 atom stereocenters. The first kappa shape index (κ1) is 17.8. The molecule has 0 amide bonds. The van der Waals surface area contributed by atoms with Crippen molar-refractivity contribution in [2.24, 2.45) is 4.99 Å². The van der Waals surface area contributed by atoms with Crippen molar-refractivity contribution in [2.45, 2.75) is 26.6 Å². The standard InChI is InChI=1S/C17H17F3N2O2/c1-3-21-10-8-15-12(2)9-11-22(16(15)23)13-4-6-14(7-5-13)24-17(18,19)20/h4-7,9-11H,3,8H2,1-2H3. The molecule has 1 aromatic heterocycles. The molecule has 4 nitrogen and oxygen atoms in total. The number of nitrogens with zero attached hydrogens (tertiary/aromatic N) is 2. The van der Waals surface area contributed by atoms with Crippen molar-refractivity contribution < 1.29 is 17.9 Å². The summed E-state index contributed by atoms with van der Waals surface area (Å²) in [5.41, 5.74) is 1.69. The van der Waals surface area contributed by atoms with E-state index in [1.54, 1.807) is 18.5 Å². The van der Waals surface area contributed by atoms with Crippen LogP contribution in [0.25, 0.3) is 5.69 Å². The summed E-state index contributed by atoms with van der Waals surface area (Å²) in [4.78, 5) is 16.7. The Morgan fingerprint density at radius 2 is 1.88 bits per heavy atom. The number of alkyl halides is 3. The highest BCUT2D eigenvalue weighted by molar-refractivity contribution is 5.62. The third-order valence-corrected chi connectivity index (χ3v) is 3.38. The lowest BCUT2D eigenvalue weighted by Crippen LogP contribution is -2.23. The number of rotatable bonds is 5. The number of aliphatic imine (C=N–C) groups is 1. The predicted octanol–water partition coefficient (Wildman–Crippen LogP) is 3.68. The minimum Gasteiger partial charge on any atom is -0.406 e. The van der Waals surface area contributed by atoms with Crippen molar-refractivity contribution in [3.8, 4) is 11.4 Å². The van der Waals surface area contributed by atoms with Gasteiger partial charge in [0.05, 0.1) is 0 Å². The maximum atomic E-state index is 12.6. The molecule has 0 aliphatic rings. The van der Waals surface area contributed by atoms with Crippen molar-refractivity contribution in [1.82, 2.24) is 4.57 Å². The van der Waals surface area contributed by atoms with Gasteiger partial charge in [-0.3, -0.25) is 14.4 Å². The van der Waals surface area contributed by atoms with Crippen molar-refractivity contribution in [3.05, 3.63) is 58.0 Å². The third kappa shape index (κ3) is 4.47. The van der Waals surface area contributed by atoms with E-state index in [0.29, 0.717) is 24.2 Å². The quantitative estimate of drug-likeness (QED) is 0.781. The van der Waals surface area contributed by atoms with Gasteiger partial charge < -0.3 is 4.74 Å². The molecule has 0 bridgehead atoms. The van der Waals surface area contributed by atoms with Gasteiger partial charge >= 0.3 is 6.36 Å². The van der Waals surface area contributed by atoms with Crippen LogP contribution in [0.3, 0.4) is 0 Å². The molecule has 0 unspecified atom stereocenters. The average Bonchev–Trinajstić information content (AvgIpc) is 2.50. The molecule has 0 N–H and O–H groups in total. The summed E-state index contributed by atoms with van der Waals surface area (Å²) in [7, 11) is 0. The monoisotopic (exact) mass is 338 g/mol. The number of hydrogen-bond acceptors (Lipinski definition) is 3. The zero-order chi connectivity index (χ0) is 17.7. The van der Waals surface area contributed by atoms with Gasteiger partial charge in [-0.05, 0) is 49.7 Å². The predicted molar refractivity (Wildman–Crippen MR) is 86.2 cm³/mol. The molecule has 0 saturated carbocycles. The fourth-order valence-corrected chi connectivity index (χ4v) is 2.21. The summed E-state index contributed by atoms with van der Waals surface area (Å²) >= 11 is 0. The van der Waals surface area contributed by atoms with Crippen molar-refractivity contribution in [3.63, 3.8) is 0 Å². The highest BCUT2D eigenvalue weighted by Crippen LogP contribution is 2.23. The van der Waals surface area contributed by atoms with Gasteiger partial charge in [0, 0.05) is 36.6 Å². The second-order valence-electron chi connectivity index (χ2n) is 5.08. The van der Waals surface area contributed by atoms with Crippen molar-refractivity contribution in [1.29, 1.82) is 0 Å². The first-order valence-electron chi connectivity index (χ1n) is 7.37.